The smallest absolute Gasteiger partial charge is 0.126 e. The molecule has 0 saturated carbocycles. The summed E-state index contributed by atoms with van der Waals surface area (Å²) in [4.78, 5) is 0. The van der Waals surface area contributed by atoms with Gasteiger partial charge in [0.25, 0.3) is 0 Å². The molecule has 0 aliphatic rings. The summed E-state index contributed by atoms with van der Waals surface area (Å²) < 4.78 is 5.82. The highest BCUT2D eigenvalue weighted by atomic mass is 31.1. The standard InChI is InChI=1S/C22H33OP3/c1-8-9-12-26(7)22-17(23-4)11-10-16(3)20(22)21-18(24-5)13-15(2)14-19(21)25-6/h10-11,13-14,24-26H,7-9,12H2,1-6H3. The van der Waals surface area contributed by atoms with Gasteiger partial charge in [-0.3, -0.25) is 0 Å². The van der Waals surface area contributed by atoms with E-state index in [0.717, 1.165) is 22.9 Å². The van der Waals surface area contributed by atoms with Crippen molar-refractivity contribution in [2.24, 2.45) is 0 Å². The van der Waals surface area contributed by atoms with E-state index in [4.69, 9.17) is 4.74 Å². The normalized spacial score (nSPS) is 13.2. The minimum atomic E-state index is -0.898. The fraction of sp³-hybridized carbons (Fsp3) is 0.409. The third-order valence-corrected chi connectivity index (χ3v) is 8.88. The second-order valence-corrected chi connectivity index (χ2v) is 11.1. The summed E-state index contributed by atoms with van der Waals surface area (Å²) in [5.74, 6) is 1.03. The molecule has 2 rings (SSSR count). The van der Waals surface area contributed by atoms with Crippen molar-refractivity contribution >= 4 is 46.9 Å². The molecule has 0 aromatic heterocycles. The van der Waals surface area contributed by atoms with Crippen LogP contribution in [0, 0.1) is 13.8 Å². The lowest BCUT2D eigenvalue weighted by Gasteiger charge is -2.23. The van der Waals surface area contributed by atoms with E-state index < -0.39 is 7.55 Å². The number of methoxy groups -OCH3 is 1. The monoisotopic (exact) mass is 406 g/mol. The minimum Gasteiger partial charge on any atom is -0.496 e. The van der Waals surface area contributed by atoms with Crippen molar-refractivity contribution in [2.45, 2.75) is 33.6 Å². The van der Waals surface area contributed by atoms with Gasteiger partial charge in [-0.15, -0.1) is 0 Å². The number of rotatable bonds is 8. The molecule has 0 radical (unpaired) electrons. The van der Waals surface area contributed by atoms with Crippen molar-refractivity contribution in [2.75, 3.05) is 26.6 Å². The van der Waals surface area contributed by atoms with Crippen LogP contribution in [0.4, 0.5) is 0 Å². The van der Waals surface area contributed by atoms with Gasteiger partial charge in [-0.25, -0.2) is 0 Å². The second-order valence-electron chi connectivity index (χ2n) is 6.78. The summed E-state index contributed by atoms with van der Waals surface area (Å²) in [5, 5.41) is 4.36. The number of hydrogen-bond donors (Lipinski definition) is 0. The van der Waals surface area contributed by atoms with Gasteiger partial charge in [0, 0.05) is 5.30 Å². The zero-order chi connectivity index (χ0) is 19.3. The van der Waals surface area contributed by atoms with E-state index in [2.05, 4.69) is 64.7 Å². The van der Waals surface area contributed by atoms with E-state index in [1.54, 1.807) is 7.11 Å². The molecule has 0 N–H and O–H groups in total. The van der Waals surface area contributed by atoms with Crippen molar-refractivity contribution in [3.05, 3.63) is 35.4 Å². The van der Waals surface area contributed by atoms with Gasteiger partial charge in [0.05, 0.1) is 7.11 Å². The highest BCUT2D eigenvalue weighted by Gasteiger charge is 2.20. The van der Waals surface area contributed by atoms with Gasteiger partial charge < -0.3 is 4.74 Å². The summed E-state index contributed by atoms with van der Waals surface area (Å²) in [6.45, 7) is 11.3. The molecule has 142 valence electrons. The van der Waals surface area contributed by atoms with Crippen LogP contribution >= 0.6 is 24.7 Å². The Morgan fingerprint density at radius 1 is 1.04 bits per heavy atom. The van der Waals surface area contributed by atoms with Crippen molar-refractivity contribution in [1.82, 2.24) is 0 Å². The van der Waals surface area contributed by atoms with Crippen LogP contribution < -0.4 is 20.7 Å². The summed E-state index contributed by atoms with van der Waals surface area (Å²) in [6.07, 6.45) is 8.30. The number of hydrogen-bond acceptors (Lipinski definition) is 1. The van der Waals surface area contributed by atoms with Crippen LogP contribution in [0.1, 0.15) is 30.9 Å². The van der Waals surface area contributed by atoms with Gasteiger partial charge >= 0.3 is 0 Å². The number of unbranched alkanes of at least 4 members (excludes halogenated alkanes) is 1. The molecule has 0 fully saturated rings. The molecule has 0 heterocycles. The van der Waals surface area contributed by atoms with E-state index in [9.17, 15) is 0 Å². The van der Waals surface area contributed by atoms with Crippen LogP contribution in [0.2, 0.25) is 0 Å². The minimum absolute atomic E-state index is 0.789. The van der Waals surface area contributed by atoms with Gasteiger partial charge in [0.2, 0.25) is 0 Å². The molecule has 2 aromatic carbocycles. The quantitative estimate of drug-likeness (QED) is 0.566. The third-order valence-electron chi connectivity index (χ3n) is 4.85. The second kappa shape index (κ2) is 10.1. The van der Waals surface area contributed by atoms with Crippen molar-refractivity contribution in [1.29, 1.82) is 0 Å². The SMILES string of the molecule is C=[PH](CCCC)c1c(OC)ccc(C)c1-c1c(PC)cc(C)cc1PC. The van der Waals surface area contributed by atoms with Crippen LogP contribution in [0.3, 0.4) is 0 Å². The maximum Gasteiger partial charge on any atom is 0.126 e. The summed E-state index contributed by atoms with van der Waals surface area (Å²) >= 11 is 0. The highest BCUT2D eigenvalue weighted by molar-refractivity contribution is 7.64. The van der Waals surface area contributed by atoms with E-state index in [0.29, 0.717) is 0 Å². The topological polar surface area (TPSA) is 9.23 Å². The van der Waals surface area contributed by atoms with Crippen molar-refractivity contribution < 1.29 is 4.74 Å². The van der Waals surface area contributed by atoms with Gasteiger partial charge in [-0.1, -0.05) is 62.5 Å². The fourth-order valence-corrected chi connectivity index (χ4v) is 7.62. The average molecular weight is 406 g/mol. The molecule has 0 aliphatic heterocycles. The number of aryl methyl sites for hydroxylation is 2. The van der Waals surface area contributed by atoms with Crippen LogP contribution in [-0.4, -0.2) is 32.9 Å². The molecule has 0 amide bonds. The maximum atomic E-state index is 5.82. The summed E-state index contributed by atoms with van der Waals surface area (Å²) in [6, 6.07) is 9.12. The van der Waals surface area contributed by atoms with Crippen LogP contribution in [0.15, 0.2) is 24.3 Å². The van der Waals surface area contributed by atoms with Crippen LogP contribution in [0.5, 0.6) is 5.75 Å². The molecular weight excluding hydrogens is 373 g/mol. The van der Waals surface area contributed by atoms with E-state index in [1.807, 2.05) is 0 Å². The molecule has 0 aliphatic carbocycles. The largest absolute Gasteiger partial charge is 0.496 e. The maximum absolute atomic E-state index is 5.82. The molecule has 0 spiro atoms. The summed E-state index contributed by atoms with van der Waals surface area (Å²) in [7, 11) is 2.48. The predicted molar refractivity (Wildman–Crippen MR) is 130 cm³/mol. The highest BCUT2D eigenvalue weighted by Crippen LogP contribution is 2.37. The zero-order valence-electron chi connectivity index (χ0n) is 17.0. The molecule has 3 atom stereocenters. The lowest BCUT2D eigenvalue weighted by atomic mass is 9.98. The fourth-order valence-electron chi connectivity index (χ4n) is 3.50. The van der Waals surface area contributed by atoms with E-state index in [1.165, 1.54) is 57.2 Å². The Balaban J connectivity index is 2.83. The van der Waals surface area contributed by atoms with E-state index in [-0.39, 0.29) is 0 Å². The molecule has 26 heavy (non-hydrogen) atoms. The molecule has 2 aromatic rings. The van der Waals surface area contributed by atoms with Crippen LogP contribution in [-0.2, 0) is 0 Å². The zero-order valence-corrected chi connectivity index (χ0v) is 20.0. The number of benzene rings is 2. The summed E-state index contributed by atoms with van der Waals surface area (Å²) in [5.41, 5.74) is 5.60. The van der Waals surface area contributed by atoms with Crippen molar-refractivity contribution in [3.63, 3.8) is 0 Å². The number of ether oxygens (including phenoxy) is 1. The van der Waals surface area contributed by atoms with Gasteiger partial charge in [0.1, 0.15) is 5.75 Å². The first-order chi connectivity index (χ1) is 12.5. The Kier molecular flexibility index (Phi) is 8.41. The van der Waals surface area contributed by atoms with Crippen molar-refractivity contribution in [3.8, 4) is 16.9 Å². The van der Waals surface area contributed by atoms with Gasteiger partial charge in [-0.05, 0) is 78.7 Å². The average Bonchev–Trinajstić information content (AvgIpc) is 2.65. The van der Waals surface area contributed by atoms with Gasteiger partial charge in [0.15, 0.2) is 0 Å². The molecule has 1 nitrogen and oxygen atoms in total. The molecule has 4 heteroatoms. The Morgan fingerprint density at radius 2 is 1.65 bits per heavy atom. The predicted octanol–water partition coefficient (Wildman–Crippen LogP) is 4.92. The Hall–Kier alpha value is -0.600. The Bertz CT molecular complexity index is 771. The molecule has 0 saturated heterocycles. The first kappa shape index (κ1) is 21.7. The lowest BCUT2D eigenvalue weighted by molar-refractivity contribution is 0.418. The third kappa shape index (κ3) is 4.62. The lowest BCUT2D eigenvalue weighted by Crippen LogP contribution is -2.19. The molecule has 0 bridgehead atoms. The van der Waals surface area contributed by atoms with Gasteiger partial charge in [-0.2, -0.15) is 0 Å². The first-order valence-electron chi connectivity index (χ1n) is 9.34. The first-order valence-corrected chi connectivity index (χ1v) is 14.3. The van der Waals surface area contributed by atoms with Crippen LogP contribution in [0.25, 0.3) is 11.1 Å². The van der Waals surface area contributed by atoms with E-state index >= 15 is 0 Å². The Morgan fingerprint density at radius 3 is 2.15 bits per heavy atom. The molecular formula is C22H33OP3. The molecule has 3 unspecified atom stereocenters. The Labute approximate surface area is 164 Å².